The molecule has 23 heavy (non-hydrogen) atoms. The highest BCUT2D eigenvalue weighted by atomic mass is 16.5. The zero-order chi connectivity index (χ0) is 16.1. The first kappa shape index (κ1) is 15.6. The van der Waals surface area contributed by atoms with Crippen LogP contribution in [-0.2, 0) is 0 Å². The highest BCUT2D eigenvalue weighted by Gasteiger charge is 2.13. The normalized spacial score (nSPS) is 15.9. The fourth-order valence-corrected chi connectivity index (χ4v) is 3.05. The maximum absolute atomic E-state index is 12.0. The van der Waals surface area contributed by atoms with Crippen LogP contribution in [0, 0.1) is 0 Å². The standard InChI is InChI=1S/C18H23N3O2/c1-23-15-10-8-13(9-11-15)16-12-17(22)21-18(20-16)19-14-6-4-2-3-5-7-14/h8-12,14H,2-7H2,1H3,(H2,19,20,21,22). The average molecular weight is 313 g/mol. The Hall–Kier alpha value is -2.30. The van der Waals surface area contributed by atoms with Gasteiger partial charge >= 0.3 is 0 Å². The first-order valence-corrected chi connectivity index (χ1v) is 8.27. The van der Waals surface area contributed by atoms with Gasteiger partial charge in [-0.3, -0.25) is 9.78 Å². The van der Waals surface area contributed by atoms with Crippen LogP contribution in [-0.4, -0.2) is 23.1 Å². The van der Waals surface area contributed by atoms with Crippen molar-refractivity contribution in [3.63, 3.8) is 0 Å². The fourth-order valence-electron chi connectivity index (χ4n) is 3.05. The van der Waals surface area contributed by atoms with Crippen molar-refractivity contribution < 1.29 is 4.74 Å². The van der Waals surface area contributed by atoms with Crippen LogP contribution in [0.4, 0.5) is 5.95 Å². The van der Waals surface area contributed by atoms with Crippen molar-refractivity contribution in [2.45, 2.75) is 44.6 Å². The van der Waals surface area contributed by atoms with Crippen LogP contribution in [0.1, 0.15) is 38.5 Å². The van der Waals surface area contributed by atoms with Gasteiger partial charge in [0.15, 0.2) is 0 Å². The predicted molar refractivity (Wildman–Crippen MR) is 92.0 cm³/mol. The van der Waals surface area contributed by atoms with Crippen LogP contribution in [0.3, 0.4) is 0 Å². The number of benzene rings is 1. The molecule has 0 radical (unpaired) electrons. The lowest BCUT2D eigenvalue weighted by atomic mass is 10.1. The van der Waals surface area contributed by atoms with E-state index in [1.54, 1.807) is 7.11 Å². The number of rotatable bonds is 4. The minimum atomic E-state index is -0.137. The number of H-pyrrole nitrogens is 1. The summed E-state index contributed by atoms with van der Waals surface area (Å²) >= 11 is 0. The summed E-state index contributed by atoms with van der Waals surface area (Å²) < 4.78 is 5.16. The molecule has 1 fully saturated rings. The van der Waals surface area contributed by atoms with E-state index in [-0.39, 0.29) is 5.56 Å². The molecule has 1 saturated carbocycles. The predicted octanol–water partition coefficient (Wildman–Crippen LogP) is 3.58. The van der Waals surface area contributed by atoms with Gasteiger partial charge in [0.25, 0.3) is 5.56 Å². The van der Waals surface area contributed by atoms with Gasteiger partial charge in [-0.2, -0.15) is 0 Å². The second kappa shape index (κ2) is 7.31. The van der Waals surface area contributed by atoms with E-state index in [2.05, 4.69) is 15.3 Å². The van der Waals surface area contributed by atoms with E-state index >= 15 is 0 Å². The van der Waals surface area contributed by atoms with Crippen LogP contribution in [0.2, 0.25) is 0 Å². The molecular weight excluding hydrogens is 290 g/mol. The Morgan fingerprint density at radius 2 is 1.83 bits per heavy atom. The van der Waals surface area contributed by atoms with Gasteiger partial charge in [0.1, 0.15) is 5.75 Å². The van der Waals surface area contributed by atoms with Crippen LogP contribution in [0.15, 0.2) is 35.1 Å². The van der Waals surface area contributed by atoms with Crippen LogP contribution >= 0.6 is 0 Å². The lowest BCUT2D eigenvalue weighted by molar-refractivity contribution is 0.415. The van der Waals surface area contributed by atoms with Crippen molar-refractivity contribution in [1.82, 2.24) is 9.97 Å². The average Bonchev–Trinajstić information content (AvgIpc) is 2.83. The maximum Gasteiger partial charge on any atom is 0.252 e. The number of hydrogen-bond donors (Lipinski definition) is 2. The molecule has 1 aliphatic carbocycles. The van der Waals surface area contributed by atoms with E-state index < -0.39 is 0 Å². The number of nitrogens with one attached hydrogen (secondary N) is 2. The van der Waals surface area contributed by atoms with Crippen molar-refractivity contribution in [2.75, 3.05) is 12.4 Å². The molecule has 5 nitrogen and oxygen atoms in total. The van der Waals surface area contributed by atoms with E-state index in [1.807, 2.05) is 24.3 Å². The molecule has 122 valence electrons. The molecule has 0 aliphatic heterocycles. The molecule has 2 aromatic rings. The summed E-state index contributed by atoms with van der Waals surface area (Å²) in [5, 5.41) is 3.40. The second-order valence-electron chi connectivity index (χ2n) is 6.04. The Labute approximate surface area is 136 Å². The van der Waals surface area contributed by atoms with E-state index in [1.165, 1.54) is 31.7 Å². The molecule has 0 saturated heterocycles. The number of aromatic amines is 1. The Balaban J connectivity index is 1.81. The van der Waals surface area contributed by atoms with Crippen LogP contribution in [0.5, 0.6) is 5.75 Å². The molecule has 5 heteroatoms. The zero-order valence-electron chi connectivity index (χ0n) is 13.5. The number of aromatic nitrogens is 2. The van der Waals surface area contributed by atoms with Crippen molar-refractivity contribution >= 4 is 5.95 Å². The van der Waals surface area contributed by atoms with Gasteiger partial charge in [-0.25, -0.2) is 4.98 Å². The zero-order valence-corrected chi connectivity index (χ0v) is 13.5. The smallest absolute Gasteiger partial charge is 0.252 e. The van der Waals surface area contributed by atoms with Gasteiger partial charge in [0, 0.05) is 17.7 Å². The van der Waals surface area contributed by atoms with Gasteiger partial charge < -0.3 is 10.1 Å². The van der Waals surface area contributed by atoms with Crippen LogP contribution < -0.4 is 15.6 Å². The molecule has 3 rings (SSSR count). The number of ether oxygens (including phenoxy) is 1. The minimum Gasteiger partial charge on any atom is -0.497 e. The Bertz CT molecular complexity index is 686. The monoisotopic (exact) mass is 313 g/mol. The molecule has 0 amide bonds. The lowest BCUT2D eigenvalue weighted by Crippen LogP contribution is -2.22. The molecule has 1 aliphatic rings. The van der Waals surface area contributed by atoms with E-state index in [4.69, 9.17) is 4.74 Å². The largest absolute Gasteiger partial charge is 0.497 e. The number of nitrogens with zero attached hydrogens (tertiary/aromatic N) is 1. The third-order valence-electron chi connectivity index (χ3n) is 4.32. The lowest BCUT2D eigenvalue weighted by Gasteiger charge is -2.16. The van der Waals surface area contributed by atoms with Crippen molar-refractivity contribution in [1.29, 1.82) is 0 Å². The second-order valence-corrected chi connectivity index (χ2v) is 6.04. The van der Waals surface area contributed by atoms with E-state index in [0.717, 1.165) is 24.2 Å². The van der Waals surface area contributed by atoms with Crippen molar-refractivity contribution in [3.05, 3.63) is 40.7 Å². The third-order valence-corrected chi connectivity index (χ3v) is 4.32. The summed E-state index contributed by atoms with van der Waals surface area (Å²) in [6.07, 6.45) is 7.34. The van der Waals surface area contributed by atoms with Crippen molar-refractivity contribution in [3.8, 4) is 17.0 Å². The summed E-state index contributed by atoms with van der Waals surface area (Å²) in [5.41, 5.74) is 1.44. The molecule has 1 heterocycles. The first-order chi connectivity index (χ1) is 11.2. The Morgan fingerprint density at radius 3 is 2.48 bits per heavy atom. The maximum atomic E-state index is 12.0. The van der Waals surface area contributed by atoms with Gasteiger partial charge in [-0.1, -0.05) is 25.7 Å². The summed E-state index contributed by atoms with van der Waals surface area (Å²) in [5.74, 6) is 1.35. The summed E-state index contributed by atoms with van der Waals surface area (Å²) in [7, 11) is 1.63. The van der Waals surface area contributed by atoms with Gasteiger partial charge in [0.05, 0.1) is 12.8 Å². The summed E-state index contributed by atoms with van der Waals surface area (Å²) in [4.78, 5) is 19.3. The highest BCUT2D eigenvalue weighted by Crippen LogP contribution is 2.22. The third kappa shape index (κ3) is 4.12. The molecule has 1 aromatic heterocycles. The Morgan fingerprint density at radius 1 is 1.13 bits per heavy atom. The van der Waals surface area contributed by atoms with Gasteiger partial charge in [-0.05, 0) is 37.1 Å². The topological polar surface area (TPSA) is 67.0 Å². The first-order valence-electron chi connectivity index (χ1n) is 8.27. The fraction of sp³-hybridized carbons (Fsp3) is 0.444. The quantitative estimate of drug-likeness (QED) is 0.847. The highest BCUT2D eigenvalue weighted by molar-refractivity contribution is 5.60. The molecule has 0 bridgehead atoms. The summed E-state index contributed by atoms with van der Waals surface area (Å²) in [6, 6.07) is 9.49. The number of hydrogen-bond acceptors (Lipinski definition) is 4. The molecular formula is C18H23N3O2. The van der Waals surface area contributed by atoms with Crippen LogP contribution in [0.25, 0.3) is 11.3 Å². The number of anilines is 1. The Kier molecular flexibility index (Phi) is 4.95. The molecule has 1 aromatic carbocycles. The van der Waals surface area contributed by atoms with Crippen molar-refractivity contribution in [2.24, 2.45) is 0 Å². The number of methoxy groups -OCH3 is 1. The van der Waals surface area contributed by atoms with Gasteiger partial charge in [0.2, 0.25) is 5.95 Å². The van der Waals surface area contributed by atoms with E-state index in [0.29, 0.717) is 17.7 Å². The van der Waals surface area contributed by atoms with Gasteiger partial charge in [-0.15, -0.1) is 0 Å². The molecule has 0 spiro atoms. The van der Waals surface area contributed by atoms with E-state index in [9.17, 15) is 4.79 Å². The molecule has 0 atom stereocenters. The molecule has 2 N–H and O–H groups in total. The minimum absolute atomic E-state index is 0.137. The summed E-state index contributed by atoms with van der Waals surface area (Å²) in [6.45, 7) is 0. The molecule has 0 unspecified atom stereocenters. The SMILES string of the molecule is COc1ccc(-c2cc(=O)[nH]c(NC3CCCCCC3)n2)cc1.